The topological polar surface area (TPSA) is 98.8 Å². The number of rotatable bonds is 5. The molecule has 0 amide bonds. The summed E-state index contributed by atoms with van der Waals surface area (Å²) in [6, 6.07) is 7.56. The molecular weight excluding hydrogens is 405 g/mol. The highest BCUT2D eigenvalue weighted by molar-refractivity contribution is 7.92. The van der Waals surface area contributed by atoms with E-state index in [1.807, 2.05) is 0 Å². The van der Waals surface area contributed by atoms with Crippen LogP contribution in [0.4, 0.5) is 5.69 Å². The molecule has 0 aromatic heterocycles. The van der Waals surface area contributed by atoms with Crippen LogP contribution in [0, 0.1) is 0 Å². The first-order valence-electron chi connectivity index (χ1n) is 6.98. The van der Waals surface area contributed by atoms with E-state index in [-0.39, 0.29) is 31.8 Å². The maximum atomic E-state index is 12.6. The fourth-order valence-electron chi connectivity index (χ4n) is 2.01. The molecule has 0 aliphatic rings. The third-order valence-electron chi connectivity index (χ3n) is 3.28. The lowest BCUT2D eigenvalue weighted by Crippen LogP contribution is -2.15. The van der Waals surface area contributed by atoms with Crippen LogP contribution >= 0.6 is 23.2 Å². The highest BCUT2D eigenvalue weighted by Crippen LogP contribution is 2.25. The van der Waals surface area contributed by atoms with E-state index in [0.717, 1.165) is 13.2 Å². The molecule has 0 saturated carbocycles. The lowest BCUT2D eigenvalue weighted by Gasteiger charge is -2.11. The van der Waals surface area contributed by atoms with Gasteiger partial charge in [-0.05, 0) is 36.4 Å². The summed E-state index contributed by atoms with van der Waals surface area (Å²) < 4.78 is 36.6. The normalized spacial score (nSPS) is 10.9. The van der Waals surface area contributed by atoms with E-state index < -0.39 is 22.0 Å². The van der Waals surface area contributed by atoms with Crippen molar-refractivity contribution in [1.29, 1.82) is 0 Å². The summed E-state index contributed by atoms with van der Waals surface area (Å²) in [5, 5.41) is 0.162. The molecule has 0 heterocycles. The summed E-state index contributed by atoms with van der Waals surface area (Å²) in [4.78, 5) is 23.1. The Hall–Kier alpha value is -2.29. The number of nitrogens with one attached hydrogen (secondary N) is 1. The Labute approximate surface area is 159 Å². The molecule has 0 radical (unpaired) electrons. The second-order valence-electron chi connectivity index (χ2n) is 4.92. The van der Waals surface area contributed by atoms with Gasteiger partial charge < -0.3 is 9.47 Å². The van der Waals surface area contributed by atoms with Gasteiger partial charge in [0.15, 0.2) is 0 Å². The molecule has 138 valence electrons. The van der Waals surface area contributed by atoms with Crippen molar-refractivity contribution in [2.24, 2.45) is 0 Å². The van der Waals surface area contributed by atoms with Crippen molar-refractivity contribution < 1.29 is 27.5 Å². The molecule has 2 rings (SSSR count). The molecule has 7 nitrogen and oxygen atoms in total. The summed E-state index contributed by atoms with van der Waals surface area (Å²) >= 11 is 11.8. The zero-order valence-electron chi connectivity index (χ0n) is 13.6. The summed E-state index contributed by atoms with van der Waals surface area (Å²) in [6.07, 6.45) is 0. The maximum Gasteiger partial charge on any atom is 0.339 e. The SMILES string of the molecule is COC(=O)c1cc(NS(=O)(=O)c2ccc(Cl)c(C(=O)OC)c2)ccc1Cl. The molecule has 2 aromatic carbocycles. The molecule has 0 bridgehead atoms. The molecular formula is C16H13Cl2NO6S. The number of carbonyl (C=O) groups excluding carboxylic acids is 2. The zero-order chi connectivity index (χ0) is 19.5. The van der Waals surface area contributed by atoms with Gasteiger partial charge in [-0.15, -0.1) is 0 Å². The lowest BCUT2D eigenvalue weighted by atomic mass is 10.2. The van der Waals surface area contributed by atoms with Gasteiger partial charge in [0.2, 0.25) is 0 Å². The zero-order valence-corrected chi connectivity index (χ0v) is 15.9. The quantitative estimate of drug-likeness (QED) is 0.748. The van der Waals surface area contributed by atoms with Gasteiger partial charge in [0.05, 0.1) is 40.3 Å². The Bertz CT molecular complexity index is 975. The molecule has 26 heavy (non-hydrogen) atoms. The second-order valence-corrected chi connectivity index (χ2v) is 7.42. The van der Waals surface area contributed by atoms with Crippen LogP contribution in [0.1, 0.15) is 20.7 Å². The van der Waals surface area contributed by atoms with Crippen LogP contribution in [0.15, 0.2) is 41.3 Å². The first kappa shape index (κ1) is 20.0. The number of halogens is 2. The molecule has 0 spiro atoms. The summed E-state index contributed by atoms with van der Waals surface area (Å²) in [7, 11) is -1.74. The van der Waals surface area contributed by atoms with E-state index in [9.17, 15) is 18.0 Å². The third-order valence-corrected chi connectivity index (χ3v) is 5.32. The first-order chi connectivity index (χ1) is 12.2. The average molecular weight is 418 g/mol. The lowest BCUT2D eigenvalue weighted by molar-refractivity contribution is 0.0592. The van der Waals surface area contributed by atoms with Gasteiger partial charge in [0, 0.05) is 5.69 Å². The number of hydrogen-bond acceptors (Lipinski definition) is 6. The number of benzene rings is 2. The Balaban J connectivity index is 2.41. The molecule has 0 unspecified atom stereocenters. The van der Waals surface area contributed by atoms with Crippen molar-refractivity contribution in [3.8, 4) is 0 Å². The Morgan fingerprint density at radius 2 is 1.38 bits per heavy atom. The van der Waals surface area contributed by atoms with Gasteiger partial charge >= 0.3 is 11.9 Å². The number of esters is 2. The Morgan fingerprint density at radius 3 is 1.92 bits per heavy atom. The van der Waals surface area contributed by atoms with E-state index in [2.05, 4.69) is 14.2 Å². The third kappa shape index (κ3) is 4.27. The van der Waals surface area contributed by atoms with Crippen LogP contribution in [0.5, 0.6) is 0 Å². The minimum Gasteiger partial charge on any atom is -0.465 e. The van der Waals surface area contributed by atoms with Crippen LogP contribution in [-0.2, 0) is 19.5 Å². The van der Waals surface area contributed by atoms with Crippen molar-refractivity contribution in [2.75, 3.05) is 18.9 Å². The highest BCUT2D eigenvalue weighted by Gasteiger charge is 2.20. The predicted octanol–water partition coefficient (Wildman–Crippen LogP) is 3.37. The van der Waals surface area contributed by atoms with E-state index in [1.54, 1.807) is 0 Å². The van der Waals surface area contributed by atoms with Crippen LogP contribution in [0.25, 0.3) is 0 Å². The number of anilines is 1. The largest absolute Gasteiger partial charge is 0.465 e. The maximum absolute atomic E-state index is 12.6. The monoisotopic (exact) mass is 417 g/mol. The fraction of sp³-hybridized carbons (Fsp3) is 0.125. The summed E-state index contributed by atoms with van der Waals surface area (Å²) in [5.41, 5.74) is -0.00603. The van der Waals surface area contributed by atoms with Crippen molar-refractivity contribution in [3.05, 3.63) is 57.6 Å². The van der Waals surface area contributed by atoms with E-state index in [0.29, 0.717) is 0 Å². The Kier molecular flexibility index (Phi) is 6.12. The van der Waals surface area contributed by atoms with Crippen molar-refractivity contribution in [2.45, 2.75) is 4.90 Å². The van der Waals surface area contributed by atoms with Gasteiger partial charge in [-0.25, -0.2) is 18.0 Å². The van der Waals surface area contributed by atoms with E-state index in [4.69, 9.17) is 23.2 Å². The van der Waals surface area contributed by atoms with Gasteiger partial charge in [-0.2, -0.15) is 0 Å². The van der Waals surface area contributed by atoms with Crippen LogP contribution in [-0.4, -0.2) is 34.6 Å². The highest BCUT2D eigenvalue weighted by atomic mass is 35.5. The number of methoxy groups -OCH3 is 2. The molecule has 0 saturated heterocycles. The molecule has 2 aromatic rings. The van der Waals surface area contributed by atoms with Crippen molar-refractivity contribution in [3.63, 3.8) is 0 Å². The molecule has 10 heteroatoms. The fourth-order valence-corrected chi connectivity index (χ4v) is 3.47. The number of carbonyl (C=O) groups is 2. The predicted molar refractivity (Wildman–Crippen MR) is 96.4 cm³/mol. The molecule has 0 fully saturated rings. The summed E-state index contributed by atoms with van der Waals surface area (Å²) in [6.45, 7) is 0. The number of hydrogen-bond donors (Lipinski definition) is 1. The standard InChI is InChI=1S/C16H13Cl2NO6S/c1-24-15(20)11-7-9(3-5-13(11)17)19-26(22,23)10-4-6-14(18)12(8-10)16(21)25-2/h3-8,19H,1-2H3. The van der Waals surface area contributed by atoms with Gasteiger partial charge in [-0.3, -0.25) is 4.72 Å². The molecule has 1 N–H and O–H groups in total. The van der Waals surface area contributed by atoms with Crippen LogP contribution in [0.3, 0.4) is 0 Å². The van der Waals surface area contributed by atoms with Crippen LogP contribution < -0.4 is 4.72 Å². The van der Waals surface area contributed by atoms with E-state index in [1.165, 1.54) is 37.4 Å². The first-order valence-corrected chi connectivity index (χ1v) is 9.22. The number of ether oxygens (including phenoxy) is 2. The van der Waals surface area contributed by atoms with Gasteiger partial charge in [-0.1, -0.05) is 23.2 Å². The smallest absolute Gasteiger partial charge is 0.339 e. The minimum atomic E-state index is -4.07. The summed E-state index contributed by atoms with van der Waals surface area (Å²) in [5.74, 6) is -1.48. The molecule has 0 aliphatic carbocycles. The molecule has 0 atom stereocenters. The Morgan fingerprint density at radius 1 is 0.885 bits per heavy atom. The van der Waals surface area contributed by atoms with Gasteiger partial charge in [0.1, 0.15) is 0 Å². The second kappa shape index (κ2) is 7.94. The van der Waals surface area contributed by atoms with E-state index >= 15 is 0 Å². The van der Waals surface area contributed by atoms with Gasteiger partial charge in [0.25, 0.3) is 10.0 Å². The van der Waals surface area contributed by atoms with Crippen LogP contribution in [0.2, 0.25) is 10.0 Å². The molecule has 0 aliphatic heterocycles. The number of sulfonamides is 1. The minimum absolute atomic E-state index is 0.000669. The average Bonchev–Trinajstić information content (AvgIpc) is 2.62. The van der Waals surface area contributed by atoms with Crippen molar-refractivity contribution >= 4 is 50.9 Å². The van der Waals surface area contributed by atoms with Crippen molar-refractivity contribution in [1.82, 2.24) is 0 Å².